The molecule has 0 spiro atoms. The van der Waals surface area contributed by atoms with E-state index in [-0.39, 0.29) is 0 Å². The van der Waals surface area contributed by atoms with Crippen LogP contribution in [0.1, 0.15) is 25.3 Å². The molecule has 0 saturated heterocycles. The van der Waals surface area contributed by atoms with Crippen molar-refractivity contribution in [1.29, 1.82) is 0 Å². The maximum absolute atomic E-state index is 10.8. The van der Waals surface area contributed by atoms with Crippen LogP contribution in [0.3, 0.4) is 0 Å². The highest BCUT2D eigenvalue weighted by Gasteiger charge is 2.07. The number of amides is 1. The second kappa shape index (κ2) is 5.57. The minimum atomic E-state index is -1.05. The van der Waals surface area contributed by atoms with Crippen molar-refractivity contribution in [1.82, 2.24) is 0 Å². The number of benzene rings is 2. The largest absolute Gasteiger partial charge is 0.465 e. The molecular weight excluding hydrogens is 238 g/mol. The number of nitrogens with one attached hydrogen (secondary N) is 1. The van der Waals surface area contributed by atoms with Crippen LogP contribution in [0, 0.1) is 0 Å². The summed E-state index contributed by atoms with van der Waals surface area (Å²) < 4.78 is 0. The van der Waals surface area contributed by atoms with Gasteiger partial charge in [0.15, 0.2) is 0 Å². The highest BCUT2D eigenvalue weighted by Crippen LogP contribution is 2.29. The molecule has 0 fully saturated rings. The van der Waals surface area contributed by atoms with E-state index in [1.54, 1.807) is 6.07 Å². The molecule has 0 heterocycles. The third-order valence-corrected chi connectivity index (χ3v) is 3.06. The van der Waals surface area contributed by atoms with Gasteiger partial charge in [-0.15, -0.1) is 0 Å². The van der Waals surface area contributed by atoms with Crippen LogP contribution >= 0.6 is 0 Å². The third kappa shape index (κ3) is 3.13. The Morgan fingerprint density at radius 2 is 1.68 bits per heavy atom. The predicted octanol–water partition coefficient (Wildman–Crippen LogP) is 4.57. The standard InChI is InChI=1S/C16H17NO2/c1-11(2)12-7-9-13(10-8-12)14-5-3-4-6-15(14)17-16(18)19/h3-11,17H,1-2H3,(H,18,19). The first kappa shape index (κ1) is 13.1. The number of para-hydroxylation sites is 1. The fourth-order valence-electron chi connectivity index (χ4n) is 2.01. The lowest BCUT2D eigenvalue weighted by molar-refractivity contribution is 0.210. The van der Waals surface area contributed by atoms with Crippen molar-refractivity contribution in [3.63, 3.8) is 0 Å². The number of anilines is 1. The maximum atomic E-state index is 10.8. The van der Waals surface area contributed by atoms with E-state index in [0.29, 0.717) is 11.6 Å². The molecule has 2 N–H and O–H groups in total. The van der Waals surface area contributed by atoms with Gasteiger partial charge in [-0.25, -0.2) is 4.79 Å². The van der Waals surface area contributed by atoms with Crippen LogP contribution in [0.25, 0.3) is 11.1 Å². The molecular formula is C16H17NO2. The van der Waals surface area contributed by atoms with Crippen LogP contribution in [0.2, 0.25) is 0 Å². The van der Waals surface area contributed by atoms with Gasteiger partial charge in [-0.05, 0) is 23.1 Å². The molecule has 0 bridgehead atoms. The van der Waals surface area contributed by atoms with Crippen molar-refractivity contribution in [3.05, 3.63) is 54.1 Å². The van der Waals surface area contributed by atoms with Crippen molar-refractivity contribution < 1.29 is 9.90 Å². The zero-order valence-corrected chi connectivity index (χ0v) is 11.1. The summed E-state index contributed by atoms with van der Waals surface area (Å²) in [5.41, 5.74) is 3.77. The first-order valence-electron chi connectivity index (χ1n) is 6.27. The molecule has 2 aromatic rings. The van der Waals surface area contributed by atoms with E-state index in [1.807, 2.05) is 30.3 Å². The lowest BCUT2D eigenvalue weighted by Crippen LogP contribution is -2.08. The molecule has 0 atom stereocenters. The predicted molar refractivity (Wildman–Crippen MR) is 77.6 cm³/mol. The maximum Gasteiger partial charge on any atom is 0.409 e. The number of carboxylic acid groups (broad SMARTS) is 1. The summed E-state index contributed by atoms with van der Waals surface area (Å²) in [7, 11) is 0. The molecule has 0 radical (unpaired) electrons. The molecule has 19 heavy (non-hydrogen) atoms. The second-order valence-electron chi connectivity index (χ2n) is 4.75. The minimum Gasteiger partial charge on any atom is -0.465 e. The number of carbonyl (C=O) groups is 1. The number of rotatable bonds is 3. The minimum absolute atomic E-state index is 0.487. The molecule has 2 aromatic carbocycles. The molecule has 0 saturated carbocycles. The smallest absolute Gasteiger partial charge is 0.409 e. The number of hydrogen-bond acceptors (Lipinski definition) is 1. The van der Waals surface area contributed by atoms with E-state index in [0.717, 1.165) is 11.1 Å². The van der Waals surface area contributed by atoms with Crippen LogP contribution in [0.15, 0.2) is 48.5 Å². The molecule has 2 rings (SSSR count). The molecule has 1 amide bonds. The Hall–Kier alpha value is -2.29. The van der Waals surface area contributed by atoms with Gasteiger partial charge in [0.1, 0.15) is 0 Å². The summed E-state index contributed by atoms with van der Waals surface area (Å²) in [6, 6.07) is 15.6. The van der Waals surface area contributed by atoms with E-state index in [9.17, 15) is 4.79 Å². The Kier molecular flexibility index (Phi) is 3.85. The van der Waals surface area contributed by atoms with Crippen LogP contribution in [-0.2, 0) is 0 Å². The quantitative estimate of drug-likeness (QED) is 0.844. The topological polar surface area (TPSA) is 49.3 Å². The first-order chi connectivity index (χ1) is 9.08. The lowest BCUT2D eigenvalue weighted by Gasteiger charge is -2.11. The molecule has 0 aliphatic rings. The van der Waals surface area contributed by atoms with Crippen LogP contribution < -0.4 is 5.32 Å². The van der Waals surface area contributed by atoms with E-state index in [1.165, 1.54) is 5.56 Å². The van der Waals surface area contributed by atoms with Crippen molar-refractivity contribution >= 4 is 11.8 Å². The molecule has 0 aromatic heterocycles. The van der Waals surface area contributed by atoms with Gasteiger partial charge in [-0.1, -0.05) is 56.3 Å². The van der Waals surface area contributed by atoms with Gasteiger partial charge < -0.3 is 5.11 Å². The first-order valence-corrected chi connectivity index (χ1v) is 6.27. The van der Waals surface area contributed by atoms with Gasteiger partial charge in [0.2, 0.25) is 0 Å². The van der Waals surface area contributed by atoms with E-state index in [2.05, 4.69) is 31.3 Å². The fraction of sp³-hybridized carbons (Fsp3) is 0.188. The molecule has 0 unspecified atom stereocenters. The van der Waals surface area contributed by atoms with Crippen LogP contribution in [0.4, 0.5) is 10.5 Å². The summed E-state index contributed by atoms with van der Waals surface area (Å²) in [6.07, 6.45) is -1.05. The zero-order chi connectivity index (χ0) is 13.8. The Morgan fingerprint density at radius 3 is 2.26 bits per heavy atom. The van der Waals surface area contributed by atoms with Crippen LogP contribution in [-0.4, -0.2) is 11.2 Å². The van der Waals surface area contributed by atoms with Gasteiger partial charge in [-0.3, -0.25) is 5.32 Å². The number of hydrogen-bond donors (Lipinski definition) is 2. The molecule has 3 heteroatoms. The van der Waals surface area contributed by atoms with Crippen LogP contribution in [0.5, 0.6) is 0 Å². The Morgan fingerprint density at radius 1 is 1.05 bits per heavy atom. The fourth-order valence-corrected chi connectivity index (χ4v) is 2.01. The van der Waals surface area contributed by atoms with Crippen molar-refractivity contribution in [3.8, 4) is 11.1 Å². The monoisotopic (exact) mass is 255 g/mol. The van der Waals surface area contributed by atoms with Gasteiger partial charge in [0.25, 0.3) is 0 Å². The molecule has 0 aliphatic heterocycles. The van der Waals surface area contributed by atoms with E-state index >= 15 is 0 Å². The van der Waals surface area contributed by atoms with E-state index in [4.69, 9.17) is 5.11 Å². The van der Waals surface area contributed by atoms with Gasteiger partial charge in [-0.2, -0.15) is 0 Å². The lowest BCUT2D eigenvalue weighted by atomic mass is 9.98. The Bertz CT molecular complexity index is 574. The zero-order valence-electron chi connectivity index (χ0n) is 11.1. The Balaban J connectivity index is 2.38. The molecule has 0 aliphatic carbocycles. The van der Waals surface area contributed by atoms with Gasteiger partial charge >= 0.3 is 6.09 Å². The summed E-state index contributed by atoms with van der Waals surface area (Å²) in [4.78, 5) is 10.8. The SMILES string of the molecule is CC(C)c1ccc(-c2ccccc2NC(=O)O)cc1. The van der Waals surface area contributed by atoms with E-state index < -0.39 is 6.09 Å². The summed E-state index contributed by atoms with van der Waals surface area (Å²) in [6.45, 7) is 4.30. The van der Waals surface area contributed by atoms with Crippen molar-refractivity contribution in [2.75, 3.05) is 5.32 Å². The summed E-state index contributed by atoms with van der Waals surface area (Å²) in [5, 5.41) is 11.3. The molecule has 98 valence electrons. The summed E-state index contributed by atoms with van der Waals surface area (Å²) >= 11 is 0. The highest BCUT2D eigenvalue weighted by molar-refractivity contribution is 5.90. The third-order valence-electron chi connectivity index (χ3n) is 3.06. The van der Waals surface area contributed by atoms with Gasteiger partial charge in [0, 0.05) is 5.56 Å². The van der Waals surface area contributed by atoms with Crippen molar-refractivity contribution in [2.45, 2.75) is 19.8 Å². The average molecular weight is 255 g/mol. The highest BCUT2D eigenvalue weighted by atomic mass is 16.4. The molecule has 3 nitrogen and oxygen atoms in total. The van der Waals surface area contributed by atoms with Crippen molar-refractivity contribution in [2.24, 2.45) is 0 Å². The average Bonchev–Trinajstić information content (AvgIpc) is 2.39. The Labute approximate surface area is 112 Å². The summed E-state index contributed by atoms with van der Waals surface area (Å²) in [5.74, 6) is 0.487. The second-order valence-corrected chi connectivity index (χ2v) is 4.75. The normalized spacial score (nSPS) is 10.5. The van der Waals surface area contributed by atoms with Gasteiger partial charge in [0.05, 0.1) is 5.69 Å².